The van der Waals surface area contributed by atoms with E-state index in [2.05, 4.69) is 15.5 Å². The molecule has 2 aliphatic rings. The second-order valence-corrected chi connectivity index (χ2v) is 6.91. The van der Waals surface area contributed by atoms with Crippen molar-refractivity contribution in [1.29, 1.82) is 0 Å². The van der Waals surface area contributed by atoms with Gasteiger partial charge >= 0.3 is 6.03 Å². The van der Waals surface area contributed by atoms with Gasteiger partial charge in [0.2, 0.25) is 11.7 Å². The van der Waals surface area contributed by atoms with Crippen molar-refractivity contribution in [2.75, 3.05) is 0 Å². The standard InChI is InChI=1S/C17H20N4O4/c1-10-5-3-6-11(2)17(10)15(22)21(16(23)19-17)9-13-18-14(20-25-13)12-7-4-8-24-12/h4,7-8,10-11H,3,5-6,9H2,1-2H3,(H,19,23). The van der Waals surface area contributed by atoms with E-state index in [1.165, 1.54) is 11.2 Å². The summed E-state index contributed by atoms with van der Waals surface area (Å²) in [6, 6.07) is 3.03. The van der Waals surface area contributed by atoms with E-state index in [0.717, 1.165) is 19.3 Å². The largest absolute Gasteiger partial charge is 0.461 e. The molecule has 4 rings (SSSR count). The molecule has 1 saturated carbocycles. The van der Waals surface area contributed by atoms with Crippen molar-refractivity contribution in [3.8, 4) is 11.6 Å². The SMILES string of the molecule is CC1CCCC(C)C12NC(=O)N(Cc1nc(-c3ccco3)no1)C2=O. The summed E-state index contributed by atoms with van der Waals surface area (Å²) in [5.74, 6) is 0.954. The number of nitrogens with one attached hydrogen (secondary N) is 1. The van der Waals surface area contributed by atoms with Gasteiger partial charge in [-0.3, -0.25) is 9.69 Å². The first-order valence-corrected chi connectivity index (χ1v) is 8.53. The zero-order valence-electron chi connectivity index (χ0n) is 14.2. The molecule has 2 unspecified atom stereocenters. The molecule has 2 fully saturated rings. The lowest BCUT2D eigenvalue weighted by molar-refractivity contribution is -0.137. The summed E-state index contributed by atoms with van der Waals surface area (Å²) < 4.78 is 10.4. The van der Waals surface area contributed by atoms with Gasteiger partial charge < -0.3 is 14.3 Å². The number of hydrogen-bond acceptors (Lipinski definition) is 6. The molecule has 1 saturated heterocycles. The fourth-order valence-electron chi connectivity index (χ4n) is 4.06. The van der Waals surface area contributed by atoms with Gasteiger partial charge in [-0.05, 0) is 36.8 Å². The van der Waals surface area contributed by atoms with Gasteiger partial charge in [0, 0.05) is 0 Å². The summed E-state index contributed by atoms with van der Waals surface area (Å²) in [5, 5.41) is 6.79. The maximum absolute atomic E-state index is 13.1. The van der Waals surface area contributed by atoms with Crippen molar-refractivity contribution >= 4 is 11.9 Å². The Morgan fingerprint density at radius 1 is 1.32 bits per heavy atom. The molecule has 0 bridgehead atoms. The van der Waals surface area contributed by atoms with Gasteiger partial charge in [0.15, 0.2) is 5.76 Å². The molecule has 2 aromatic rings. The number of hydrogen-bond donors (Lipinski definition) is 1. The van der Waals surface area contributed by atoms with Crippen LogP contribution in [0.1, 0.15) is 39.0 Å². The first-order valence-electron chi connectivity index (χ1n) is 8.53. The Hall–Kier alpha value is -2.64. The highest BCUT2D eigenvalue weighted by molar-refractivity contribution is 6.07. The van der Waals surface area contributed by atoms with Crippen molar-refractivity contribution in [2.24, 2.45) is 11.8 Å². The third-order valence-corrected chi connectivity index (χ3v) is 5.49. The molecule has 8 heteroatoms. The summed E-state index contributed by atoms with van der Waals surface area (Å²) in [5.41, 5.74) is -0.820. The number of carbonyl (C=O) groups is 2. The van der Waals surface area contributed by atoms with Gasteiger partial charge in [0.05, 0.1) is 6.26 Å². The molecule has 3 heterocycles. The van der Waals surface area contributed by atoms with Crippen LogP contribution in [0.4, 0.5) is 4.79 Å². The van der Waals surface area contributed by atoms with Crippen LogP contribution in [0.25, 0.3) is 11.6 Å². The second-order valence-electron chi connectivity index (χ2n) is 6.91. The number of carbonyl (C=O) groups excluding carboxylic acids is 2. The number of furan rings is 1. The quantitative estimate of drug-likeness (QED) is 0.859. The average molecular weight is 344 g/mol. The van der Waals surface area contributed by atoms with Gasteiger partial charge in [0.25, 0.3) is 5.91 Å². The molecular formula is C17H20N4O4. The highest BCUT2D eigenvalue weighted by atomic mass is 16.5. The van der Waals surface area contributed by atoms with Crippen molar-refractivity contribution in [3.05, 3.63) is 24.3 Å². The van der Waals surface area contributed by atoms with Crippen molar-refractivity contribution < 1.29 is 18.5 Å². The molecule has 0 radical (unpaired) electrons. The lowest BCUT2D eigenvalue weighted by Gasteiger charge is -2.42. The number of urea groups is 1. The van der Waals surface area contributed by atoms with E-state index in [1.807, 2.05) is 13.8 Å². The first-order chi connectivity index (χ1) is 12.0. The third-order valence-electron chi connectivity index (χ3n) is 5.49. The highest BCUT2D eigenvalue weighted by Gasteiger charge is 2.58. The molecule has 1 aliphatic heterocycles. The summed E-state index contributed by atoms with van der Waals surface area (Å²) in [7, 11) is 0. The zero-order valence-corrected chi connectivity index (χ0v) is 14.2. The zero-order chi connectivity index (χ0) is 17.6. The Morgan fingerprint density at radius 2 is 2.08 bits per heavy atom. The molecule has 1 aliphatic carbocycles. The van der Waals surface area contributed by atoms with Crippen molar-refractivity contribution in [3.63, 3.8) is 0 Å². The minimum absolute atomic E-state index is 0.0421. The van der Waals surface area contributed by atoms with E-state index in [9.17, 15) is 9.59 Å². The Bertz CT molecular complexity index is 787. The number of imide groups is 1. The maximum Gasteiger partial charge on any atom is 0.325 e. The van der Waals surface area contributed by atoms with Crippen LogP contribution < -0.4 is 5.32 Å². The Balaban J connectivity index is 1.57. The molecule has 2 aromatic heterocycles. The van der Waals surface area contributed by atoms with E-state index in [1.54, 1.807) is 12.1 Å². The summed E-state index contributed by atoms with van der Waals surface area (Å²) in [6.07, 6.45) is 4.43. The highest BCUT2D eigenvalue weighted by Crippen LogP contribution is 2.42. The van der Waals surface area contributed by atoms with Crippen LogP contribution in [0, 0.1) is 11.8 Å². The average Bonchev–Trinajstić information content (AvgIpc) is 3.29. The molecule has 3 amide bonds. The monoisotopic (exact) mass is 344 g/mol. The Morgan fingerprint density at radius 3 is 2.76 bits per heavy atom. The summed E-state index contributed by atoms with van der Waals surface area (Å²) in [4.78, 5) is 31.0. The topological polar surface area (TPSA) is 101 Å². The van der Waals surface area contributed by atoms with E-state index < -0.39 is 11.6 Å². The minimum atomic E-state index is -0.820. The molecule has 1 spiro atoms. The predicted octanol–water partition coefficient (Wildman–Crippen LogP) is 2.58. The van der Waals surface area contributed by atoms with Crippen molar-refractivity contribution in [1.82, 2.24) is 20.4 Å². The first kappa shape index (κ1) is 15.9. The lowest BCUT2D eigenvalue weighted by atomic mass is 9.67. The minimum Gasteiger partial charge on any atom is -0.461 e. The second kappa shape index (κ2) is 5.72. The van der Waals surface area contributed by atoms with Crippen molar-refractivity contribution in [2.45, 2.75) is 45.2 Å². The maximum atomic E-state index is 13.1. The summed E-state index contributed by atoms with van der Waals surface area (Å²) in [6.45, 7) is 4.01. The van der Waals surface area contributed by atoms with Crippen LogP contribution in [0.15, 0.2) is 27.3 Å². The Labute approximate surface area is 144 Å². The third kappa shape index (κ3) is 2.35. The van der Waals surface area contributed by atoms with Gasteiger partial charge in [-0.15, -0.1) is 0 Å². The van der Waals surface area contributed by atoms with E-state index in [4.69, 9.17) is 8.94 Å². The molecule has 0 aromatic carbocycles. The number of amides is 3. The Kier molecular flexibility index (Phi) is 3.63. The van der Waals surface area contributed by atoms with Crippen LogP contribution >= 0.6 is 0 Å². The van der Waals surface area contributed by atoms with Crippen LogP contribution in [0.3, 0.4) is 0 Å². The lowest BCUT2D eigenvalue weighted by Crippen LogP contribution is -2.58. The molecule has 25 heavy (non-hydrogen) atoms. The molecule has 8 nitrogen and oxygen atoms in total. The van der Waals surface area contributed by atoms with Gasteiger partial charge in [-0.2, -0.15) is 4.98 Å². The molecular weight excluding hydrogens is 324 g/mol. The van der Waals surface area contributed by atoms with E-state index >= 15 is 0 Å². The molecule has 132 valence electrons. The summed E-state index contributed by atoms with van der Waals surface area (Å²) >= 11 is 0. The molecule has 1 N–H and O–H groups in total. The smallest absolute Gasteiger partial charge is 0.325 e. The fourth-order valence-corrected chi connectivity index (χ4v) is 4.06. The van der Waals surface area contributed by atoms with Crippen LogP contribution in [-0.2, 0) is 11.3 Å². The number of nitrogens with zero attached hydrogens (tertiary/aromatic N) is 3. The van der Waals surface area contributed by atoms with Gasteiger partial charge in [0.1, 0.15) is 12.1 Å². The van der Waals surface area contributed by atoms with Gasteiger partial charge in [-0.25, -0.2) is 4.79 Å². The van der Waals surface area contributed by atoms with Crippen LogP contribution in [-0.4, -0.2) is 32.5 Å². The predicted molar refractivity (Wildman–Crippen MR) is 86.0 cm³/mol. The fraction of sp³-hybridized carbons (Fsp3) is 0.529. The van der Waals surface area contributed by atoms with Crippen LogP contribution in [0.5, 0.6) is 0 Å². The number of rotatable bonds is 3. The van der Waals surface area contributed by atoms with E-state index in [-0.39, 0.29) is 30.2 Å². The molecule has 2 atom stereocenters. The van der Waals surface area contributed by atoms with Crippen LogP contribution in [0.2, 0.25) is 0 Å². The van der Waals surface area contributed by atoms with E-state index in [0.29, 0.717) is 11.6 Å². The normalized spacial score (nSPS) is 29.4. The van der Waals surface area contributed by atoms with Gasteiger partial charge in [-0.1, -0.05) is 25.4 Å². The number of aromatic nitrogens is 2.